The molecule has 0 aliphatic carbocycles. The van der Waals surface area contributed by atoms with Crippen LogP contribution < -0.4 is 10.1 Å². The molecule has 1 atom stereocenters. The van der Waals surface area contributed by atoms with E-state index < -0.39 is 0 Å². The Morgan fingerprint density at radius 2 is 2.03 bits per heavy atom. The van der Waals surface area contributed by atoms with E-state index in [4.69, 9.17) is 9.47 Å². The predicted molar refractivity (Wildman–Crippen MR) is 121 cm³/mol. The Hall–Kier alpha value is -2.84. The van der Waals surface area contributed by atoms with Crippen molar-refractivity contribution in [2.75, 3.05) is 26.0 Å². The summed E-state index contributed by atoms with van der Waals surface area (Å²) in [6.07, 6.45) is 2.18. The van der Waals surface area contributed by atoms with Gasteiger partial charge in [0.05, 0.1) is 24.5 Å². The maximum atomic E-state index is 12.4. The fourth-order valence-electron chi connectivity index (χ4n) is 3.51. The normalized spacial score (nSPS) is 15.7. The molecular weight excluding hydrogens is 412 g/mol. The molecule has 3 aromatic rings. The van der Waals surface area contributed by atoms with Crippen molar-refractivity contribution in [2.24, 2.45) is 0 Å². The van der Waals surface area contributed by atoms with Crippen molar-refractivity contribution in [2.45, 2.75) is 31.0 Å². The van der Waals surface area contributed by atoms with Crippen LogP contribution in [0.3, 0.4) is 0 Å². The molecule has 0 bridgehead atoms. The third kappa shape index (κ3) is 5.08. The van der Waals surface area contributed by atoms with Gasteiger partial charge >= 0.3 is 0 Å². The molecule has 0 saturated carbocycles. The lowest BCUT2D eigenvalue weighted by Gasteiger charge is -2.13. The van der Waals surface area contributed by atoms with Crippen molar-refractivity contribution < 1.29 is 14.3 Å². The van der Waals surface area contributed by atoms with Gasteiger partial charge in [-0.15, -0.1) is 10.2 Å². The number of ether oxygens (including phenoxy) is 2. The first-order valence-electron chi connectivity index (χ1n) is 10.3. The molecule has 7 nitrogen and oxygen atoms in total. The molecule has 1 aliphatic rings. The number of aromatic nitrogens is 3. The van der Waals surface area contributed by atoms with Crippen molar-refractivity contribution in [1.82, 2.24) is 20.1 Å². The minimum Gasteiger partial charge on any atom is -0.496 e. The monoisotopic (exact) mass is 438 g/mol. The van der Waals surface area contributed by atoms with E-state index in [0.29, 0.717) is 23.3 Å². The lowest BCUT2D eigenvalue weighted by Crippen LogP contribution is -2.32. The molecule has 2 aromatic carbocycles. The molecule has 1 amide bonds. The molecule has 1 saturated heterocycles. The van der Waals surface area contributed by atoms with Crippen LogP contribution in [0.15, 0.2) is 53.7 Å². The third-order valence-electron chi connectivity index (χ3n) is 5.16. The van der Waals surface area contributed by atoms with Gasteiger partial charge in [-0.1, -0.05) is 41.6 Å². The highest BCUT2D eigenvalue weighted by Crippen LogP contribution is 2.33. The Kier molecular flexibility index (Phi) is 6.89. The van der Waals surface area contributed by atoms with Gasteiger partial charge in [0.2, 0.25) is 5.91 Å². The van der Waals surface area contributed by atoms with Gasteiger partial charge < -0.3 is 14.8 Å². The van der Waals surface area contributed by atoms with Gasteiger partial charge in [0.15, 0.2) is 11.0 Å². The van der Waals surface area contributed by atoms with Crippen LogP contribution >= 0.6 is 11.8 Å². The highest BCUT2D eigenvalue weighted by atomic mass is 32.2. The molecule has 0 radical (unpaired) electrons. The zero-order chi connectivity index (χ0) is 21.6. The maximum absolute atomic E-state index is 12.4. The first-order valence-corrected chi connectivity index (χ1v) is 11.3. The second-order valence-electron chi connectivity index (χ2n) is 7.41. The number of methoxy groups -OCH3 is 1. The van der Waals surface area contributed by atoms with Crippen molar-refractivity contribution in [3.05, 3.63) is 54.1 Å². The average Bonchev–Trinajstić information content (AvgIpc) is 3.47. The highest BCUT2D eigenvalue weighted by molar-refractivity contribution is 7.99. The summed E-state index contributed by atoms with van der Waals surface area (Å²) in [6, 6.07) is 15.9. The number of thioether (sulfide) groups is 1. The summed E-state index contributed by atoms with van der Waals surface area (Å²) in [5.41, 5.74) is 2.94. The topological polar surface area (TPSA) is 78.3 Å². The highest BCUT2D eigenvalue weighted by Gasteiger charge is 2.20. The van der Waals surface area contributed by atoms with Gasteiger partial charge in [0.1, 0.15) is 5.75 Å². The minimum atomic E-state index is -0.0437. The van der Waals surface area contributed by atoms with E-state index in [9.17, 15) is 4.79 Å². The number of hydrogen-bond acceptors (Lipinski definition) is 6. The Morgan fingerprint density at radius 3 is 2.77 bits per heavy atom. The van der Waals surface area contributed by atoms with E-state index in [2.05, 4.69) is 15.5 Å². The largest absolute Gasteiger partial charge is 0.496 e. The summed E-state index contributed by atoms with van der Waals surface area (Å²) in [5, 5.41) is 12.4. The molecule has 1 N–H and O–H groups in total. The van der Waals surface area contributed by atoms with Crippen LogP contribution in [0.2, 0.25) is 0 Å². The van der Waals surface area contributed by atoms with Crippen LogP contribution in [0, 0.1) is 6.92 Å². The summed E-state index contributed by atoms with van der Waals surface area (Å²) >= 11 is 1.36. The van der Waals surface area contributed by atoms with Crippen LogP contribution in [-0.2, 0) is 9.53 Å². The molecule has 1 fully saturated rings. The number of carbonyl (C=O) groups is 1. The number of rotatable bonds is 8. The molecule has 1 aliphatic heterocycles. The van der Waals surface area contributed by atoms with E-state index in [-0.39, 0.29) is 17.8 Å². The molecule has 0 unspecified atom stereocenters. The number of amides is 1. The third-order valence-corrected chi connectivity index (χ3v) is 6.09. The quantitative estimate of drug-likeness (QED) is 0.541. The van der Waals surface area contributed by atoms with Crippen LogP contribution in [0.25, 0.3) is 17.1 Å². The van der Waals surface area contributed by atoms with Gasteiger partial charge in [0, 0.05) is 18.8 Å². The van der Waals surface area contributed by atoms with Crippen molar-refractivity contribution in [3.8, 4) is 22.8 Å². The van der Waals surface area contributed by atoms with E-state index in [1.165, 1.54) is 17.3 Å². The van der Waals surface area contributed by atoms with Crippen molar-refractivity contribution >= 4 is 17.7 Å². The summed E-state index contributed by atoms with van der Waals surface area (Å²) in [6.45, 7) is 3.38. The molecule has 1 aromatic heterocycles. The van der Waals surface area contributed by atoms with Gasteiger partial charge in [-0.3, -0.25) is 9.36 Å². The van der Waals surface area contributed by atoms with Gasteiger partial charge in [-0.2, -0.15) is 0 Å². The number of hydrogen-bond donors (Lipinski definition) is 1. The zero-order valence-electron chi connectivity index (χ0n) is 17.7. The Bertz CT molecular complexity index is 1030. The predicted octanol–water partition coefficient (Wildman–Crippen LogP) is 3.64. The average molecular weight is 439 g/mol. The molecule has 4 rings (SSSR count). The first kappa shape index (κ1) is 21.4. The maximum Gasteiger partial charge on any atom is 0.230 e. The minimum absolute atomic E-state index is 0.0437. The standard InChI is InChI=1S/C23H26N4O3S/c1-16-9-11-17(12-10-16)27-22(19-7-3-4-8-20(19)29-2)25-26-23(27)31-15-21(28)24-14-18-6-5-13-30-18/h3-4,7-12,18H,5-6,13-15H2,1-2H3,(H,24,28)/t18-/m0/s1. The molecule has 162 valence electrons. The van der Waals surface area contributed by atoms with Gasteiger partial charge in [0.25, 0.3) is 0 Å². The van der Waals surface area contributed by atoms with Crippen LogP contribution in [-0.4, -0.2) is 52.8 Å². The van der Waals surface area contributed by atoms with Crippen LogP contribution in [0.5, 0.6) is 5.75 Å². The van der Waals surface area contributed by atoms with Gasteiger partial charge in [-0.25, -0.2) is 0 Å². The number of nitrogens with zero attached hydrogens (tertiary/aromatic N) is 3. The van der Waals surface area contributed by atoms with E-state index in [1.807, 2.05) is 60.0 Å². The van der Waals surface area contributed by atoms with Crippen LogP contribution in [0.4, 0.5) is 0 Å². The number of para-hydroxylation sites is 1. The Morgan fingerprint density at radius 1 is 1.23 bits per heavy atom. The van der Waals surface area contributed by atoms with E-state index in [1.54, 1.807) is 7.11 Å². The smallest absolute Gasteiger partial charge is 0.230 e. The zero-order valence-corrected chi connectivity index (χ0v) is 18.5. The lowest BCUT2D eigenvalue weighted by molar-refractivity contribution is -0.119. The number of carbonyl (C=O) groups excluding carboxylic acids is 1. The first-order chi connectivity index (χ1) is 15.2. The summed E-state index contributed by atoms with van der Waals surface area (Å²) in [4.78, 5) is 12.4. The second kappa shape index (κ2) is 9.98. The fraction of sp³-hybridized carbons (Fsp3) is 0.348. The second-order valence-corrected chi connectivity index (χ2v) is 8.35. The molecule has 8 heteroatoms. The Balaban J connectivity index is 1.58. The van der Waals surface area contributed by atoms with Crippen LogP contribution in [0.1, 0.15) is 18.4 Å². The molecular formula is C23H26N4O3S. The number of aryl methyl sites for hydroxylation is 1. The van der Waals surface area contributed by atoms with E-state index in [0.717, 1.165) is 30.7 Å². The number of benzene rings is 2. The van der Waals surface area contributed by atoms with Crippen molar-refractivity contribution in [1.29, 1.82) is 0 Å². The molecule has 0 spiro atoms. The molecule has 2 heterocycles. The SMILES string of the molecule is COc1ccccc1-c1nnc(SCC(=O)NC[C@@H]2CCCO2)n1-c1ccc(C)cc1. The van der Waals surface area contributed by atoms with Gasteiger partial charge in [-0.05, 0) is 44.0 Å². The summed E-state index contributed by atoms with van der Waals surface area (Å²) < 4.78 is 13.1. The van der Waals surface area contributed by atoms with E-state index >= 15 is 0 Å². The summed E-state index contributed by atoms with van der Waals surface area (Å²) in [7, 11) is 1.64. The number of nitrogens with one attached hydrogen (secondary N) is 1. The Labute approximate surface area is 186 Å². The summed E-state index contributed by atoms with van der Waals surface area (Å²) in [5.74, 6) is 1.60. The van der Waals surface area contributed by atoms with Crippen molar-refractivity contribution in [3.63, 3.8) is 0 Å². The fourth-order valence-corrected chi connectivity index (χ4v) is 4.29. The molecule has 31 heavy (non-hydrogen) atoms. The lowest BCUT2D eigenvalue weighted by atomic mass is 10.1.